The molecule has 0 atom stereocenters. The Kier molecular flexibility index (Phi) is 5.85. The number of H-pyrrole nitrogens is 1. The molecule has 0 aliphatic carbocycles. The van der Waals surface area contributed by atoms with Gasteiger partial charge in [-0.15, -0.1) is 0 Å². The third-order valence-corrected chi connectivity index (χ3v) is 4.00. The fraction of sp³-hybridized carbons (Fsp3) is 0.500. The number of aromatic nitrogens is 2. The zero-order chi connectivity index (χ0) is 16.1. The standard InChI is InChI=1S/C16H22FN3OS/c1-19(2)9-5-3-4-6-10-20-15(21)13-11-12(17)7-8-14(13)18-16(20)22/h7-8,11H,3-6,9-10H2,1-2H3,(H,18,22). The lowest BCUT2D eigenvalue weighted by Crippen LogP contribution is -2.22. The average molecular weight is 323 g/mol. The minimum Gasteiger partial charge on any atom is -0.332 e. The van der Waals surface area contributed by atoms with Crippen LogP contribution in [0.15, 0.2) is 23.0 Å². The van der Waals surface area contributed by atoms with Crippen molar-refractivity contribution in [3.8, 4) is 0 Å². The topological polar surface area (TPSA) is 41.0 Å². The quantitative estimate of drug-likeness (QED) is 0.628. The van der Waals surface area contributed by atoms with Gasteiger partial charge in [-0.1, -0.05) is 12.8 Å². The van der Waals surface area contributed by atoms with E-state index in [4.69, 9.17) is 12.2 Å². The molecule has 0 saturated carbocycles. The molecule has 0 amide bonds. The molecule has 1 aromatic carbocycles. The summed E-state index contributed by atoms with van der Waals surface area (Å²) in [6.07, 6.45) is 4.23. The Labute approximate surface area is 134 Å². The average Bonchev–Trinajstić information content (AvgIpc) is 2.46. The van der Waals surface area contributed by atoms with Gasteiger partial charge in [0.05, 0.1) is 10.9 Å². The van der Waals surface area contributed by atoms with E-state index in [1.54, 1.807) is 6.07 Å². The number of unbranched alkanes of at least 4 members (excludes halogenated alkanes) is 3. The number of rotatable bonds is 7. The van der Waals surface area contributed by atoms with Crippen molar-refractivity contribution in [2.45, 2.75) is 32.2 Å². The number of nitrogens with zero attached hydrogens (tertiary/aromatic N) is 2. The molecule has 4 nitrogen and oxygen atoms in total. The second-order valence-corrected chi connectivity index (χ2v) is 6.18. The lowest BCUT2D eigenvalue weighted by molar-refractivity contribution is 0.388. The fourth-order valence-electron chi connectivity index (χ4n) is 2.48. The van der Waals surface area contributed by atoms with Crippen molar-refractivity contribution >= 4 is 23.1 Å². The third-order valence-electron chi connectivity index (χ3n) is 3.68. The van der Waals surface area contributed by atoms with Crippen molar-refractivity contribution in [3.63, 3.8) is 0 Å². The molecule has 1 aromatic heterocycles. The Hall–Kier alpha value is -1.53. The van der Waals surface area contributed by atoms with Crippen LogP contribution in [0, 0.1) is 10.6 Å². The van der Waals surface area contributed by atoms with Gasteiger partial charge >= 0.3 is 0 Å². The smallest absolute Gasteiger partial charge is 0.262 e. The number of hydrogen-bond acceptors (Lipinski definition) is 3. The SMILES string of the molecule is CN(C)CCCCCCn1c(=S)[nH]c2ccc(F)cc2c1=O. The van der Waals surface area contributed by atoms with Crippen molar-refractivity contribution in [2.75, 3.05) is 20.6 Å². The van der Waals surface area contributed by atoms with Gasteiger partial charge in [0.25, 0.3) is 5.56 Å². The first-order valence-corrected chi connectivity index (χ1v) is 7.97. The van der Waals surface area contributed by atoms with E-state index in [-0.39, 0.29) is 5.56 Å². The van der Waals surface area contributed by atoms with Gasteiger partial charge in [-0.3, -0.25) is 9.36 Å². The van der Waals surface area contributed by atoms with Gasteiger partial charge in [0, 0.05) is 6.54 Å². The fourth-order valence-corrected chi connectivity index (χ4v) is 2.76. The summed E-state index contributed by atoms with van der Waals surface area (Å²) in [5.41, 5.74) is 0.366. The van der Waals surface area contributed by atoms with Crippen molar-refractivity contribution in [2.24, 2.45) is 0 Å². The molecule has 120 valence electrons. The van der Waals surface area contributed by atoms with Gasteiger partial charge in [0.15, 0.2) is 4.77 Å². The van der Waals surface area contributed by atoms with Crippen molar-refractivity contribution in [1.82, 2.24) is 14.5 Å². The first kappa shape index (κ1) is 16.8. The monoisotopic (exact) mass is 323 g/mol. The second kappa shape index (κ2) is 7.65. The molecule has 2 rings (SSSR count). The number of aromatic amines is 1. The van der Waals surface area contributed by atoms with Crippen LogP contribution in [0.4, 0.5) is 4.39 Å². The molecule has 0 aliphatic heterocycles. The number of benzene rings is 1. The largest absolute Gasteiger partial charge is 0.332 e. The van der Waals surface area contributed by atoms with Gasteiger partial charge in [-0.05, 0) is 63.9 Å². The van der Waals surface area contributed by atoms with E-state index in [1.807, 2.05) is 0 Å². The number of hydrogen-bond donors (Lipinski definition) is 1. The zero-order valence-corrected chi connectivity index (χ0v) is 13.9. The van der Waals surface area contributed by atoms with Crippen LogP contribution < -0.4 is 5.56 Å². The van der Waals surface area contributed by atoms with Crippen LogP contribution in [0.1, 0.15) is 25.7 Å². The highest BCUT2D eigenvalue weighted by molar-refractivity contribution is 7.71. The van der Waals surface area contributed by atoms with E-state index in [0.29, 0.717) is 22.2 Å². The van der Waals surface area contributed by atoms with Gasteiger partial charge < -0.3 is 9.88 Å². The highest BCUT2D eigenvalue weighted by Crippen LogP contribution is 2.10. The summed E-state index contributed by atoms with van der Waals surface area (Å²) in [5, 5.41) is 0.348. The van der Waals surface area contributed by atoms with Crippen molar-refractivity contribution < 1.29 is 4.39 Å². The number of nitrogens with one attached hydrogen (secondary N) is 1. The summed E-state index contributed by atoms with van der Waals surface area (Å²) in [5.74, 6) is -0.412. The van der Waals surface area contributed by atoms with Crippen LogP contribution >= 0.6 is 12.2 Å². The van der Waals surface area contributed by atoms with E-state index < -0.39 is 5.82 Å². The third kappa shape index (κ3) is 4.24. The molecule has 0 aliphatic rings. The molecule has 0 radical (unpaired) electrons. The van der Waals surface area contributed by atoms with E-state index in [9.17, 15) is 9.18 Å². The highest BCUT2D eigenvalue weighted by Gasteiger charge is 2.06. The maximum Gasteiger partial charge on any atom is 0.262 e. The van der Waals surface area contributed by atoms with Gasteiger partial charge in [-0.2, -0.15) is 0 Å². The van der Waals surface area contributed by atoms with Crippen LogP contribution in [0.25, 0.3) is 10.9 Å². The zero-order valence-electron chi connectivity index (χ0n) is 13.1. The van der Waals surface area contributed by atoms with Crippen LogP contribution in [-0.2, 0) is 6.54 Å². The predicted octanol–water partition coefficient (Wildman–Crippen LogP) is 3.32. The van der Waals surface area contributed by atoms with Gasteiger partial charge in [0.1, 0.15) is 5.82 Å². The maximum atomic E-state index is 13.3. The molecule has 0 bridgehead atoms. The first-order valence-electron chi connectivity index (χ1n) is 7.56. The Balaban J connectivity index is 2.05. The van der Waals surface area contributed by atoms with Gasteiger partial charge in [0.2, 0.25) is 0 Å². The summed E-state index contributed by atoms with van der Waals surface area (Å²) in [7, 11) is 4.13. The van der Waals surface area contributed by atoms with Crippen LogP contribution in [-0.4, -0.2) is 35.1 Å². The summed E-state index contributed by atoms with van der Waals surface area (Å²) < 4.78 is 15.2. The molecule has 0 spiro atoms. The van der Waals surface area contributed by atoms with E-state index in [2.05, 4.69) is 24.0 Å². The number of fused-ring (bicyclic) bond motifs is 1. The van der Waals surface area contributed by atoms with E-state index in [0.717, 1.165) is 32.2 Å². The van der Waals surface area contributed by atoms with Crippen LogP contribution in [0.5, 0.6) is 0 Å². The van der Waals surface area contributed by atoms with E-state index in [1.165, 1.54) is 16.7 Å². The predicted molar refractivity (Wildman–Crippen MR) is 90.4 cm³/mol. The summed E-state index contributed by atoms with van der Waals surface area (Å²) >= 11 is 5.24. The second-order valence-electron chi connectivity index (χ2n) is 5.79. The molecule has 2 aromatic rings. The lowest BCUT2D eigenvalue weighted by atomic mass is 10.2. The Bertz CT molecular complexity index is 751. The van der Waals surface area contributed by atoms with E-state index >= 15 is 0 Å². The molecule has 1 N–H and O–H groups in total. The normalized spacial score (nSPS) is 11.5. The van der Waals surface area contributed by atoms with Gasteiger partial charge in [-0.25, -0.2) is 4.39 Å². The lowest BCUT2D eigenvalue weighted by Gasteiger charge is -2.10. The molecular formula is C16H22FN3OS. The minimum absolute atomic E-state index is 0.216. The number of halogens is 1. The molecule has 1 heterocycles. The molecule has 22 heavy (non-hydrogen) atoms. The van der Waals surface area contributed by atoms with Crippen LogP contribution in [0.3, 0.4) is 0 Å². The Morgan fingerprint density at radius 1 is 1.23 bits per heavy atom. The Morgan fingerprint density at radius 2 is 1.95 bits per heavy atom. The summed E-state index contributed by atoms with van der Waals surface area (Å²) in [6, 6.07) is 4.13. The van der Waals surface area contributed by atoms with Crippen LogP contribution in [0.2, 0.25) is 0 Å². The van der Waals surface area contributed by atoms with Crippen molar-refractivity contribution in [1.29, 1.82) is 0 Å². The van der Waals surface area contributed by atoms with Crippen molar-refractivity contribution in [3.05, 3.63) is 39.1 Å². The molecular weight excluding hydrogens is 301 g/mol. The Morgan fingerprint density at radius 3 is 2.68 bits per heavy atom. The molecule has 0 fully saturated rings. The minimum atomic E-state index is -0.412. The first-order chi connectivity index (χ1) is 10.5. The molecule has 0 unspecified atom stereocenters. The summed E-state index contributed by atoms with van der Waals surface area (Å²) in [6.45, 7) is 1.65. The maximum absolute atomic E-state index is 13.3. The molecule has 0 saturated heterocycles. The summed E-state index contributed by atoms with van der Waals surface area (Å²) in [4.78, 5) is 17.6. The highest BCUT2D eigenvalue weighted by atomic mass is 32.1. The molecule has 6 heteroatoms.